The number of benzene rings is 1. The minimum absolute atomic E-state index is 0.0697. The molecule has 13 heavy (non-hydrogen) atoms. The molecule has 0 aliphatic heterocycles. The average molecular weight is 190 g/mol. The first kappa shape index (κ1) is 9.57. The maximum Gasteiger partial charge on any atom is 0.387 e. The van der Waals surface area contributed by atoms with Crippen LogP contribution in [0.25, 0.3) is 0 Å². The van der Waals surface area contributed by atoms with Crippen LogP contribution in [0.5, 0.6) is 17.2 Å². The number of aromatic hydroxyl groups is 1. The van der Waals surface area contributed by atoms with E-state index in [0.717, 1.165) is 0 Å². The second-order valence-electron chi connectivity index (χ2n) is 2.21. The molecule has 0 aliphatic rings. The topological polar surface area (TPSA) is 38.7 Å². The largest absolute Gasteiger partial charge is 0.508 e. The van der Waals surface area contributed by atoms with Gasteiger partial charge in [-0.05, 0) is 12.1 Å². The van der Waals surface area contributed by atoms with E-state index in [2.05, 4.69) is 4.74 Å². The predicted molar refractivity (Wildman–Crippen MR) is 41.3 cm³/mol. The average Bonchev–Trinajstić information content (AvgIpc) is 2.07. The van der Waals surface area contributed by atoms with E-state index in [1.165, 1.54) is 25.3 Å². The van der Waals surface area contributed by atoms with Crippen molar-refractivity contribution in [3.63, 3.8) is 0 Å². The van der Waals surface area contributed by atoms with E-state index in [-0.39, 0.29) is 17.2 Å². The van der Waals surface area contributed by atoms with Crippen LogP contribution in [-0.4, -0.2) is 18.8 Å². The molecule has 0 radical (unpaired) electrons. The molecule has 1 N–H and O–H groups in total. The fourth-order valence-electron chi connectivity index (χ4n) is 0.850. The maximum atomic E-state index is 11.8. The Balaban J connectivity index is 2.92. The van der Waals surface area contributed by atoms with E-state index >= 15 is 0 Å². The molecule has 72 valence electrons. The standard InChI is InChI=1S/C8H8F2O3/c1-12-7-4-5(11)2-3-6(7)13-8(9)10/h2-4,8,11H,1H3. The highest BCUT2D eigenvalue weighted by atomic mass is 19.3. The third kappa shape index (κ3) is 2.47. The van der Waals surface area contributed by atoms with Gasteiger partial charge in [0.05, 0.1) is 7.11 Å². The van der Waals surface area contributed by atoms with E-state index in [0.29, 0.717) is 0 Å². The summed E-state index contributed by atoms with van der Waals surface area (Å²) in [6.45, 7) is -2.90. The number of hydrogen-bond acceptors (Lipinski definition) is 3. The number of methoxy groups -OCH3 is 1. The van der Waals surface area contributed by atoms with Crippen molar-refractivity contribution in [3.8, 4) is 17.2 Å². The lowest BCUT2D eigenvalue weighted by atomic mass is 10.3. The monoisotopic (exact) mass is 190 g/mol. The Bertz CT molecular complexity index is 289. The molecule has 0 saturated heterocycles. The minimum atomic E-state index is -2.90. The molecule has 0 heterocycles. The Morgan fingerprint density at radius 3 is 2.54 bits per heavy atom. The molecule has 0 spiro atoms. The molecule has 1 aromatic carbocycles. The summed E-state index contributed by atoms with van der Waals surface area (Å²) < 4.78 is 32.4. The highest BCUT2D eigenvalue weighted by molar-refractivity contribution is 5.44. The second kappa shape index (κ2) is 3.93. The van der Waals surface area contributed by atoms with Crippen molar-refractivity contribution in [1.29, 1.82) is 0 Å². The minimum Gasteiger partial charge on any atom is -0.508 e. The first-order valence-electron chi connectivity index (χ1n) is 3.45. The van der Waals surface area contributed by atoms with Gasteiger partial charge in [-0.2, -0.15) is 8.78 Å². The molecular formula is C8H8F2O3. The van der Waals surface area contributed by atoms with Crippen LogP contribution in [0.3, 0.4) is 0 Å². The van der Waals surface area contributed by atoms with E-state index in [1.807, 2.05) is 0 Å². The van der Waals surface area contributed by atoms with Crippen molar-refractivity contribution in [1.82, 2.24) is 0 Å². The SMILES string of the molecule is COc1cc(O)ccc1OC(F)F. The maximum absolute atomic E-state index is 11.8. The summed E-state index contributed by atoms with van der Waals surface area (Å²) in [5.41, 5.74) is 0. The molecule has 0 amide bonds. The van der Waals surface area contributed by atoms with Gasteiger partial charge < -0.3 is 14.6 Å². The summed E-state index contributed by atoms with van der Waals surface area (Å²) in [5.74, 6) is -0.103. The Hall–Kier alpha value is -1.52. The summed E-state index contributed by atoms with van der Waals surface area (Å²) in [7, 11) is 1.30. The van der Waals surface area contributed by atoms with Crippen LogP contribution in [-0.2, 0) is 0 Å². The molecule has 0 unspecified atom stereocenters. The Morgan fingerprint density at radius 2 is 2.00 bits per heavy atom. The van der Waals surface area contributed by atoms with Gasteiger partial charge in [0.1, 0.15) is 5.75 Å². The van der Waals surface area contributed by atoms with Crippen LogP contribution >= 0.6 is 0 Å². The van der Waals surface area contributed by atoms with Gasteiger partial charge in [0, 0.05) is 6.07 Å². The van der Waals surface area contributed by atoms with Gasteiger partial charge in [0.15, 0.2) is 11.5 Å². The van der Waals surface area contributed by atoms with Crippen molar-refractivity contribution < 1.29 is 23.4 Å². The Labute approximate surface area is 73.5 Å². The van der Waals surface area contributed by atoms with Crippen LogP contribution in [0.2, 0.25) is 0 Å². The summed E-state index contributed by atoms with van der Waals surface area (Å²) in [5, 5.41) is 8.98. The van der Waals surface area contributed by atoms with Gasteiger partial charge in [-0.25, -0.2) is 0 Å². The van der Waals surface area contributed by atoms with Gasteiger partial charge in [0.2, 0.25) is 0 Å². The molecule has 5 heteroatoms. The Morgan fingerprint density at radius 1 is 1.31 bits per heavy atom. The molecule has 0 bridgehead atoms. The molecule has 0 aromatic heterocycles. The van der Waals surface area contributed by atoms with Crippen LogP contribution in [0.1, 0.15) is 0 Å². The lowest BCUT2D eigenvalue weighted by Gasteiger charge is -2.09. The number of phenolic OH excluding ortho intramolecular Hbond substituents is 1. The summed E-state index contributed by atoms with van der Waals surface area (Å²) in [4.78, 5) is 0. The fourth-order valence-corrected chi connectivity index (χ4v) is 0.850. The summed E-state index contributed by atoms with van der Waals surface area (Å²) in [6.07, 6.45) is 0. The number of halogens is 2. The van der Waals surface area contributed by atoms with Crippen molar-refractivity contribution in [2.24, 2.45) is 0 Å². The van der Waals surface area contributed by atoms with Crippen molar-refractivity contribution in [2.75, 3.05) is 7.11 Å². The third-order valence-electron chi connectivity index (χ3n) is 1.36. The molecular weight excluding hydrogens is 182 g/mol. The summed E-state index contributed by atoms with van der Waals surface area (Å²) in [6, 6.07) is 3.64. The van der Waals surface area contributed by atoms with Crippen LogP contribution in [0, 0.1) is 0 Å². The highest BCUT2D eigenvalue weighted by Crippen LogP contribution is 2.31. The molecule has 3 nitrogen and oxygen atoms in total. The molecule has 0 saturated carbocycles. The number of alkyl halides is 2. The molecule has 0 aliphatic carbocycles. The first-order valence-corrected chi connectivity index (χ1v) is 3.45. The van der Waals surface area contributed by atoms with E-state index in [4.69, 9.17) is 9.84 Å². The zero-order chi connectivity index (χ0) is 9.84. The zero-order valence-electron chi connectivity index (χ0n) is 6.83. The normalized spacial score (nSPS) is 10.2. The molecule has 1 rings (SSSR count). The van der Waals surface area contributed by atoms with Crippen molar-refractivity contribution >= 4 is 0 Å². The fraction of sp³-hybridized carbons (Fsp3) is 0.250. The van der Waals surface area contributed by atoms with Gasteiger partial charge in [-0.3, -0.25) is 0 Å². The van der Waals surface area contributed by atoms with Gasteiger partial charge in [-0.15, -0.1) is 0 Å². The number of hydrogen-bond donors (Lipinski definition) is 1. The van der Waals surface area contributed by atoms with Crippen LogP contribution in [0.15, 0.2) is 18.2 Å². The third-order valence-corrected chi connectivity index (χ3v) is 1.36. The Kier molecular flexibility index (Phi) is 2.89. The van der Waals surface area contributed by atoms with E-state index in [9.17, 15) is 8.78 Å². The van der Waals surface area contributed by atoms with Crippen LogP contribution in [0.4, 0.5) is 8.78 Å². The van der Waals surface area contributed by atoms with Crippen molar-refractivity contribution in [2.45, 2.75) is 6.61 Å². The molecule has 0 atom stereocenters. The number of rotatable bonds is 3. The predicted octanol–water partition coefficient (Wildman–Crippen LogP) is 2.00. The molecule has 0 fully saturated rings. The van der Waals surface area contributed by atoms with E-state index < -0.39 is 6.61 Å². The lowest BCUT2D eigenvalue weighted by molar-refractivity contribution is -0.0512. The number of ether oxygens (including phenoxy) is 2. The summed E-state index contributed by atoms with van der Waals surface area (Å²) >= 11 is 0. The van der Waals surface area contributed by atoms with Gasteiger partial charge >= 0.3 is 6.61 Å². The van der Waals surface area contributed by atoms with Gasteiger partial charge in [0.25, 0.3) is 0 Å². The lowest BCUT2D eigenvalue weighted by Crippen LogP contribution is -2.03. The first-order chi connectivity index (χ1) is 6.13. The molecule has 1 aromatic rings. The van der Waals surface area contributed by atoms with Gasteiger partial charge in [-0.1, -0.05) is 0 Å². The van der Waals surface area contributed by atoms with Crippen LogP contribution < -0.4 is 9.47 Å². The smallest absolute Gasteiger partial charge is 0.387 e. The highest BCUT2D eigenvalue weighted by Gasteiger charge is 2.10. The van der Waals surface area contributed by atoms with E-state index in [1.54, 1.807) is 0 Å². The van der Waals surface area contributed by atoms with Crippen molar-refractivity contribution in [3.05, 3.63) is 18.2 Å². The number of phenols is 1. The zero-order valence-corrected chi connectivity index (χ0v) is 6.83. The second-order valence-corrected chi connectivity index (χ2v) is 2.21. The quantitative estimate of drug-likeness (QED) is 0.792.